The van der Waals surface area contributed by atoms with E-state index in [1.54, 1.807) is 4.90 Å². The summed E-state index contributed by atoms with van der Waals surface area (Å²) in [4.78, 5) is 26.0. The van der Waals surface area contributed by atoms with Gasteiger partial charge >= 0.3 is 0 Å². The molecule has 3 rings (SSSR count). The fraction of sp³-hybridized carbons (Fsp3) is 0.333. The van der Waals surface area contributed by atoms with Crippen molar-refractivity contribution in [3.63, 3.8) is 0 Å². The molecule has 0 aliphatic rings. The average Bonchev–Trinajstić information content (AvgIpc) is 2.90. The minimum absolute atomic E-state index is 0.0619. The van der Waals surface area contributed by atoms with Crippen LogP contribution in [0.2, 0.25) is 0 Å². The Bertz CT molecular complexity index is 1130. The standard InChI is InChI=1S/C30H35ClN2O4/c1-30(2,3)29(35)32-19-7-8-20-36-25-15-17-27(18-16-25)37-26-13-11-24(12-14-26)33(28(34)21-31)22-23-9-5-4-6-10-23/h4-6,9-18H,7-8,19-22H2,1-3H3,(H,32,35). The van der Waals surface area contributed by atoms with Crippen molar-refractivity contribution in [2.75, 3.05) is 23.9 Å². The molecule has 6 nitrogen and oxygen atoms in total. The summed E-state index contributed by atoms with van der Waals surface area (Å²) >= 11 is 5.85. The lowest BCUT2D eigenvalue weighted by atomic mass is 9.96. The fourth-order valence-corrected chi connectivity index (χ4v) is 3.62. The van der Waals surface area contributed by atoms with Crippen molar-refractivity contribution < 1.29 is 19.1 Å². The summed E-state index contributed by atoms with van der Waals surface area (Å²) in [5.41, 5.74) is 1.41. The lowest BCUT2D eigenvalue weighted by Gasteiger charge is -2.22. The first kappa shape index (κ1) is 28.1. The zero-order valence-corrected chi connectivity index (χ0v) is 22.5. The Morgan fingerprint density at radius 2 is 1.43 bits per heavy atom. The number of benzene rings is 3. The smallest absolute Gasteiger partial charge is 0.242 e. The lowest BCUT2D eigenvalue weighted by Crippen LogP contribution is -2.35. The normalized spacial score (nSPS) is 11.0. The van der Waals surface area contributed by atoms with Crippen molar-refractivity contribution >= 4 is 29.1 Å². The van der Waals surface area contributed by atoms with Crippen LogP contribution < -0.4 is 19.7 Å². The van der Waals surface area contributed by atoms with Crippen molar-refractivity contribution in [1.82, 2.24) is 5.32 Å². The maximum atomic E-state index is 12.4. The van der Waals surface area contributed by atoms with Gasteiger partial charge in [-0.1, -0.05) is 51.1 Å². The van der Waals surface area contributed by atoms with Gasteiger partial charge in [-0.15, -0.1) is 11.6 Å². The van der Waals surface area contributed by atoms with E-state index in [0.29, 0.717) is 31.2 Å². The van der Waals surface area contributed by atoms with E-state index in [4.69, 9.17) is 21.1 Å². The number of ether oxygens (including phenoxy) is 2. The Morgan fingerprint density at radius 3 is 2.03 bits per heavy atom. The number of carbonyl (C=O) groups excluding carboxylic acids is 2. The first-order valence-electron chi connectivity index (χ1n) is 12.5. The third-order valence-corrected chi connectivity index (χ3v) is 5.84. The second-order valence-electron chi connectivity index (χ2n) is 9.73. The molecule has 2 amide bonds. The number of hydrogen-bond acceptors (Lipinski definition) is 4. The molecule has 3 aromatic carbocycles. The Balaban J connectivity index is 1.47. The molecule has 7 heteroatoms. The fourth-order valence-electron chi connectivity index (χ4n) is 3.48. The number of amides is 2. The van der Waals surface area contributed by atoms with Gasteiger partial charge in [0.1, 0.15) is 23.1 Å². The topological polar surface area (TPSA) is 67.9 Å². The maximum absolute atomic E-state index is 12.4. The van der Waals surface area contributed by atoms with Crippen LogP contribution in [0.1, 0.15) is 39.2 Å². The predicted octanol–water partition coefficient (Wildman–Crippen LogP) is 6.57. The van der Waals surface area contributed by atoms with E-state index < -0.39 is 0 Å². The van der Waals surface area contributed by atoms with Gasteiger partial charge in [0.05, 0.1) is 13.2 Å². The molecule has 0 aliphatic heterocycles. The molecule has 0 bridgehead atoms. The van der Waals surface area contributed by atoms with Gasteiger partial charge in [-0.25, -0.2) is 0 Å². The molecule has 1 N–H and O–H groups in total. The summed E-state index contributed by atoms with van der Waals surface area (Å²) in [6.07, 6.45) is 1.71. The molecule has 0 fully saturated rings. The van der Waals surface area contributed by atoms with Crippen LogP contribution in [0.15, 0.2) is 78.9 Å². The highest BCUT2D eigenvalue weighted by Gasteiger charge is 2.20. The van der Waals surface area contributed by atoms with Gasteiger partial charge in [0.2, 0.25) is 11.8 Å². The largest absolute Gasteiger partial charge is 0.494 e. The zero-order valence-electron chi connectivity index (χ0n) is 21.7. The maximum Gasteiger partial charge on any atom is 0.242 e. The van der Waals surface area contributed by atoms with E-state index >= 15 is 0 Å². The molecule has 0 aromatic heterocycles. The number of halogens is 1. The highest BCUT2D eigenvalue weighted by Crippen LogP contribution is 2.27. The van der Waals surface area contributed by atoms with E-state index in [0.717, 1.165) is 29.8 Å². The molecular formula is C30H35ClN2O4. The molecule has 3 aromatic rings. The van der Waals surface area contributed by atoms with Gasteiger partial charge in [0.15, 0.2) is 0 Å². The molecule has 0 radical (unpaired) electrons. The summed E-state index contributed by atoms with van der Waals surface area (Å²) in [6, 6.07) is 24.6. The van der Waals surface area contributed by atoms with Crippen LogP contribution in [0, 0.1) is 5.41 Å². The van der Waals surface area contributed by atoms with Gasteiger partial charge < -0.3 is 19.7 Å². The van der Waals surface area contributed by atoms with Crippen molar-refractivity contribution in [2.24, 2.45) is 5.41 Å². The highest BCUT2D eigenvalue weighted by atomic mass is 35.5. The van der Waals surface area contributed by atoms with E-state index in [2.05, 4.69) is 5.32 Å². The number of nitrogens with one attached hydrogen (secondary N) is 1. The summed E-state index contributed by atoms with van der Waals surface area (Å²) in [6.45, 7) is 7.38. The monoisotopic (exact) mass is 522 g/mol. The van der Waals surface area contributed by atoms with Crippen LogP contribution in [-0.2, 0) is 16.1 Å². The SMILES string of the molecule is CC(C)(C)C(=O)NCCCCOc1ccc(Oc2ccc(N(Cc3ccccc3)C(=O)CCl)cc2)cc1. The molecule has 196 valence electrons. The molecule has 0 atom stereocenters. The quantitative estimate of drug-likeness (QED) is 0.216. The van der Waals surface area contributed by atoms with Crippen LogP contribution in [0.5, 0.6) is 17.2 Å². The van der Waals surface area contributed by atoms with Crippen molar-refractivity contribution in [2.45, 2.75) is 40.2 Å². The Kier molecular flexibility index (Phi) is 10.4. The number of carbonyl (C=O) groups is 2. The van der Waals surface area contributed by atoms with Gasteiger partial charge in [-0.2, -0.15) is 0 Å². The van der Waals surface area contributed by atoms with E-state index in [1.165, 1.54) is 0 Å². The van der Waals surface area contributed by atoms with E-state index in [1.807, 2.05) is 99.6 Å². The highest BCUT2D eigenvalue weighted by molar-refractivity contribution is 6.29. The predicted molar refractivity (Wildman–Crippen MR) is 149 cm³/mol. The molecule has 0 unspecified atom stereocenters. The number of alkyl halides is 1. The minimum atomic E-state index is -0.367. The molecule has 0 spiro atoms. The third kappa shape index (κ3) is 9.14. The van der Waals surface area contributed by atoms with Gasteiger partial charge in [0.25, 0.3) is 0 Å². The van der Waals surface area contributed by atoms with Crippen molar-refractivity contribution in [3.05, 3.63) is 84.4 Å². The van der Waals surface area contributed by atoms with Crippen molar-refractivity contribution in [1.29, 1.82) is 0 Å². The lowest BCUT2D eigenvalue weighted by molar-refractivity contribution is -0.128. The molecular weight excluding hydrogens is 488 g/mol. The summed E-state index contributed by atoms with van der Waals surface area (Å²) in [5, 5.41) is 2.94. The number of anilines is 1. The molecule has 0 saturated carbocycles. The van der Waals surface area contributed by atoms with Crippen LogP contribution in [-0.4, -0.2) is 30.8 Å². The summed E-state index contributed by atoms with van der Waals surface area (Å²) in [5.74, 6) is 1.91. The third-order valence-electron chi connectivity index (χ3n) is 5.61. The van der Waals surface area contributed by atoms with Gasteiger partial charge in [-0.3, -0.25) is 9.59 Å². The molecule has 37 heavy (non-hydrogen) atoms. The van der Waals surface area contributed by atoms with Gasteiger partial charge in [-0.05, 0) is 66.9 Å². The average molecular weight is 523 g/mol. The second kappa shape index (κ2) is 13.7. The second-order valence-corrected chi connectivity index (χ2v) is 10.00. The Labute approximate surface area is 224 Å². The summed E-state index contributed by atoms with van der Waals surface area (Å²) in [7, 11) is 0. The number of unbranched alkanes of at least 4 members (excludes halogenated alkanes) is 1. The molecule has 0 aliphatic carbocycles. The molecule has 0 heterocycles. The minimum Gasteiger partial charge on any atom is -0.494 e. The van der Waals surface area contributed by atoms with Crippen molar-refractivity contribution in [3.8, 4) is 17.2 Å². The first-order valence-corrected chi connectivity index (χ1v) is 13.0. The zero-order chi connectivity index (χ0) is 26.7. The van der Waals surface area contributed by atoms with E-state index in [-0.39, 0.29) is 23.1 Å². The van der Waals surface area contributed by atoms with Crippen LogP contribution in [0.25, 0.3) is 0 Å². The summed E-state index contributed by atoms with van der Waals surface area (Å²) < 4.78 is 11.7. The van der Waals surface area contributed by atoms with Crippen LogP contribution in [0.3, 0.4) is 0 Å². The first-order chi connectivity index (χ1) is 17.8. The molecule has 0 saturated heterocycles. The van der Waals surface area contributed by atoms with E-state index in [9.17, 15) is 9.59 Å². The number of hydrogen-bond donors (Lipinski definition) is 1. The van der Waals surface area contributed by atoms with Crippen LogP contribution >= 0.6 is 11.6 Å². The number of nitrogens with zero attached hydrogens (tertiary/aromatic N) is 1. The number of rotatable bonds is 12. The Morgan fingerprint density at radius 1 is 0.838 bits per heavy atom. The van der Waals surface area contributed by atoms with Gasteiger partial charge in [0, 0.05) is 17.6 Å². The Hall–Kier alpha value is -3.51. The van der Waals surface area contributed by atoms with Crippen LogP contribution in [0.4, 0.5) is 5.69 Å².